The van der Waals surface area contributed by atoms with Crippen molar-refractivity contribution in [3.63, 3.8) is 0 Å². The van der Waals surface area contributed by atoms with Crippen LogP contribution >= 0.6 is 35.0 Å². The number of amides is 1. The first kappa shape index (κ1) is 25.1. The minimum atomic E-state index is -0.448. The highest BCUT2D eigenvalue weighted by molar-refractivity contribution is 7.99. The maximum absolute atomic E-state index is 12.5. The molecule has 6 nitrogen and oxygen atoms in total. The number of anilines is 1. The topological polar surface area (TPSA) is 69.0 Å². The van der Waals surface area contributed by atoms with E-state index in [9.17, 15) is 4.79 Å². The second-order valence-corrected chi connectivity index (χ2v) is 9.47. The lowest BCUT2D eigenvalue weighted by atomic mass is 10.0. The zero-order valence-corrected chi connectivity index (χ0v) is 21.0. The van der Waals surface area contributed by atoms with Gasteiger partial charge in [0.2, 0.25) is 5.91 Å². The maximum atomic E-state index is 12.5. The van der Waals surface area contributed by atoms with Gasteiger partial charge in [0.1, 0.15) is 5.75 Å². The first-order chi connectivity index (χ1) is 15.8. The fourth-order valence-corrected chi connectivity index (χ4v) is 4.18. The van der Waals surface area contributed by atoms with E-state index in [1.807, 2.05) is 35.8 Å². The maximum Gasteiger partial charge on any atom is 0.234 e. The molecule has 1 amide bonds. The molecule has 1 aromatic heterocycles. The van der Waals surface area contributed by atoms with E-state index >= 15 is 0 Å². The van der Waals surface area contributed by atoms with Gasteiger partial charge < -0.3 is 10.1 Å². The molecule has 0 saturated heterocycles. The molecule has 0 aliphatic carbocycles. The van der Waals surface area contributed by atoms with E-state index in [0.29, 0.717) is 39.2 Å². The van der Waals surface area contributed by atoms with Crippen molar-refractivity contribution in [1.82, 2.24) is 14.8 Å². The Morgan fingerprint density at radius 3 is 2.58 bits per heavy atom. The van der Waals surface area contributed by atoms with Crippen LogP contribution in [0.1, 0.15) is 44.2 Å². The Hall–Kier alpha value is -2.48. The molecule has 3 aromatic rings. The predicted molar refractivity (Wildman–Crippen MR) is 136 cm³/mol. The second-order valence-electron chi connectivity index (χ2n) is 7.69. The number of ether oxygens (including phenoxy) is 1. The predicted octanol–water partition coefficient (Wildman–Crippen LogP) is 6.77. The molecule has 0 bridgehead atoms. The summed E-state index contributed by atoms with van der Waals surface area (Å²) in [6.07, 6.45) is 1.29. The molecule has 0 spiro atoms. The monoisotopic (exact) mass is 504 g/mol. The van der Waals surface area contributed by atoms with Gasteiger partial charge in [-0.2, -0.15) is 0 Å². The number of aromatic nitrogens is 3. The Balaban J connectivity index is 1.66. The van der Waals surface area contributed by atoms with Crippen molar-refractivity contribution in [1.29, 1.82) is 0 Å². The van der Waals surface area contributed by atoms with E-state index in [4.69, 9.17) is 27.9 Å². The molecule has 33 heavy (non-hydrogen) atoms. The van der Waals surface area contributed by atoms with Crippen LogP contribution in [-0.4, -0.2) is 26.4 Å². The van der Waals surface area contributed by atoms with E-state index in [1.54, 1.807) is 24.3 Å². The minimum absolute atomic E-state index is 0.123. The minimum Gasteiger partial charge on any atom is -0.481 e. The molecule has 174 valence electrons. The molecular formula is C24H26Cl2N4O2S. The fraction of sp³-hybridized carbons (Fsp3) is 0.292. The van der Waals surface area contributed by atoms with E-state index < -0.39 is 6.10 Å². The molecule has 0 radical (unpaired) electrons. The Morgan fingerprint density at radius 2 is 1.91 bits per heavy atom. The molecule has 1 N–H and O–H groups in total. The molecular weight excluding hydrogens is 479 g/mol. The number of rotatable bonds is 10. The molecule has 0 saturated carbocycles. The van der Waals surface area contributed by atoms with Crippen LogP contribution in [0.15, 0.2) is 60.3 Å². The summed E-state index contributed by atoms with van der Waals surface area (Å²) >= 11 is 13.6. The first-order valence-electron chi connectivity index (χ1n) is 10.5. The van der Waals surface area contributed by atoms with Gasteiger partial charge in [-0.1, -0.05) is 67.0 Å². The van der Waals surface area contributed by atoms with Crippen molar-refractivity contribution >= 4 is 46.6 Å². The fourth-order valence-electron chi connectivity index (χ4n) is 3.10. The SMILES string of the molecule is C=CCn1c(SCC(=O)Nc2ccc(C(C)C)cc2)nnc1C(C)Oc1cc(Cl)ccc1Cl. The highest BCUT2D eigenvalue weighted by Gasteiger charge is 2.20. The molecule has 0 aliphatic heterocycles. The molecule has 9 heteroatoms. The van der Waals surface area contributed by atoms with Crippen molar-refractivity contribution in [2.45, 2.75) is 44.5 Å². The lowest BCUT2D eigenvalue weighted by Crippen LogP contribution is -2.15. The van der Waals surface area contributed by atoms with Gasteiger partial charge in [0.25, 0.3) is 0 Å². The van der Waals surface area contributed by atoms with E-state index in [-0.39, 0.29) is 11.7 Å². The van der Waals surface area contributed by atoms with Crippen LogP contribution in [0.5, 0.6) is 5.75 Å². The highest BCUT2D eigenvalue weighted by Crippen LogP contribution is 2.32. The van der Waals surface area contributed by atoms with Gasteiger partial charge >= 0.3 is 0 Å². The number of nitrogens with one attached hydrogen (secondary N) is 1. The largest absolute Gasteiger partial charge is 0.481 e. The van der Waals surface area contributed by atoms with Gasteiger partial charge in [0.05, 0.1) is 10.8 Å². The second kappa shape index (κ2) is 11.6. The molecule has 3 rings (SSSR count). The number of allylic oxidation sites excluding steroid dienone is 1. The van der Waals surface area contributed by atoms with Crippen molar-refractivity contribution in [2.24, 2.45) is 0 Å². The zero-order valence-electron chi connectivity index (χ0n) is 18.7. The summed E-state index contributed by atoms with van der Waals surface area (Å²) in [5, 5.41) is 13.0. The van der Waals surface area contributed by atoms with Crippen LogP contribution in [0.4, 0.5) is 5.69 Å². The van der Waals surface area contributed by atoms with Crippen LogP contribution in [0.25, 0.3) is 0 Å². The summed E-state index contributed by atoms with van der Waals surface area (Å²) in [5.74, 6) is 1.57. The normalized spacial score (nSPS) is 11.9. The summed E-state index contributed by atoms with van der Waals surface area (Å²) < 4.78 is 7.85. The molecule has 1 heterocycles. The summed E-state index contributed by atoms with van der Waals surface area (Å²) in [6, 6.07) is 12.9. The van der Waals surface area contributed by atoms with Gasteiger partial charge in [-0.3, -0.25) is 9.36 Å². The smallest absolute Gasteiger partial charge is 0.234 e. The Labute approximate surface area is 208 Å². The number of carbonyl (C=O) groups excluding carboxylic acids is 1. The Kier molecular flexibility index (Phi) is 8.83. The third-order valence-electron chi connectivity index (χ3n) is 4.81. The number of hydrogen-bond donors (Lipinski definition) is 1. The summed E-state index contributed by atoms with van der Waals surface area (Å²) in [6.45, 7) is 10.4. The van der Waals surface area contributed by atoms with E-state index in [0.717, 1.165) is 5.69 Å². The van der Waals surface area contributed by atoms with Gasteiger partial charge in [0.15, 0.2) is 17.1 Å². The average molecular weight is 505 g/mol. The summed E-state index contributed by atoms with van der Waals surface area (Å²) in [4.78, 5) is 12.5. The van der Waals surface area contributed by atoms with Crippen LogP contribution in [-0.2, 0) is 11.3 Å². The van der Waals surface area contributed by atoms with Gasteiger partial charge in [0, 0.05) is 23.3 Å². The molecule has 1 unspecified atom stereocenters. The third-order valence-corrected chi connectivity index (χ3v) is 6.33. The summed E-state index contributed by atoms with van der Waals surface area (Å²) in [7, 11) is 0. The number of thioether (sulfide) groups is 1. The number of carbonyl (C=O) groups is 1. The van der Waals surface area contributed by atoms with E-state index in [2.05, 4.69) is 35.9 Å². The van der Waals surface area contributed by atoms with Crippen molar-refractivity contribution in [2.75, 3.05) is 11.1 Å². The quantitative estimate of drug-likeness (QED) is 0.243. The van der Waals surface area contributed by atoms with E-state index in [1.165, 1.54) is 17.3 Å². The Morgan fingerprint density at radius 1 is 1.18 bits per heavy atom. The number of halogens is 2. The summed E-state index contributed by atoms with van der Waals surface area (Å²) in [5.41, 5.74) is 1.99. The highest BCUT2D eigenvalue weighted by atomic mass is 35.5. The molecule has 1 atom stereocenters. The lowest BCUT2D eigenvalue weighted by Gasteiger charge is -2.16. The number of hydrogen-bond acceptors (Lipinski definition) is 5. The average Bonchev–Trinajstić information content (AvgIpc) is 3.18. The standard InChI is InChI=1S/C24H26Cl2N4O2S/c1-5-12-30-23(16(4)32-21-13-18(25)8-11-20(21)26)28-29-24(30)33-14-22(31)27-19-9-6-17(7-10-19)15(2)3/h5-11,13,15-16H,1,12,14H2,2-4H3,(H,27,31). The van der Waals surface area contributed by atoms with Crippen LogP contribution in [0.2, 0.25) is 10.0 Å². The Bertz CT molecular complexity index is 1120. The zero-order chi connectivity index (χ0) is 24.0. The van der Waals surface area contributed by atoms with Gasteiger partial charge in [-0.25, -0.2) is 0 Å². The molecule has 0 fully saturated rings. The lowest BCUT2D eigenvalue weighted by molar-refractivity contribution is -0.113. The molecule has 2 aromatic carbocycles. The van der Waals surface area contributed by atoms with Crippen molar-refractivity contribution in [3.05, 3.63) is 76.6 Å². The van der Waals surface area contributed by atoms with Crippen LogP contribution in [0.3, 0.4) is 0 Å². The van der Waals surface area contributed by atoms with Gasteiger partial charge in [-0.15, -0.1) is 16.8 Å². The molecule has 0 aliphatic rings. The third kappa shape index (κ3) is 6.76. The first-order valence-corrected chi connectivity index (χ1v) is 12.2. The van der Waals surface area contributed by atoms with Gasteiger partial charge in [-0.05, 0) is 42.7 Å². The number of benzene rings is 2. The van der Waals surface area contributed by atoms with Crippen LogP contribution in [0, 0.1) is 0 Å². The van der Waals surface area contributed by atoms with Crippen molar-refractivity contribution < 1.29 is 9.53 Å². The number of nitrogens with zero attached hydrogens (tertiary/aromatic N) is 3. The van der Waals surface area contributed by atoms with Crippen LogP contribution < -0.4 is 10.1 Å². The van der Waals surface area contributed by atoms with Crippen molar-refractivity contribution in [3.8, 4) is 5.75 Å².